The van der Waals surface area contributed by atoms with Gasteiger partial charge in [0.2, 0.25) is 0 Å². The maximum atomic E-state index is 12.9. The number of hydrogen-bond acceptors (Lipinski definition) is 4. The molecule has 1 N–H and O–H groups in total. The van der Waals surface area contributed by atoms with Gasteiger partial charge in [-0.1, -0.05) is 23.7 Å². The van der Waals surface area contributed by atoms with Crippen LogP contribution < -0.4 is 5.32 Å². The first-order valence-electron chi connectivity index (χ1n) is 10.1. The van der Waals surface area contributed by atoms with Crippen LogP contribution in [0.5, 0.6) is 0 Å². The van der Waals surface area contributed by atoms with E-state index in [1.165, 1.54) is 0 Å². The molecule has 8 nitrogen and oxygen atoms in total. The summed E-state index contributed by atoms with van der Waals surface area (Å²) < 4.78 is 6.35. The lowest BCUT2D eigenvalue weighted by Gasteiger charge is -2.07. The summed E-state index contributed by atoms with van der Waals surface area (Å²) in [5.74, 6) is -0.285. The standard InChI is InChI=1S/C22H23BrClN7O/c1-13-20(23)15(3)31(26-13)12-29-9-8-19(28-29)22(32)25-21-14(2)27-30(16(21)4)11-17-6-5-7-18(24)10-17/h5-10H,11-12H2,1-4H3,(H,25,32). The molecule has 32 heavy (non-hydrogen) atoms. The number of rotatable bonds is 6. The summed E-state index contributed by atoms with van der Waals surface area (Å²) >= 11 is 9.62. The minimum absolute atomic E-state index is 0.285. The highest BCUT2D eigenvalue weighted by Gasteiger charge is 2.18. The third kappa shape index (κ3) is 4.49. The first kappa shape index (κ1) is 22.3. The van der Waals surface area contributed by atoms with Gasteiger partial charge in [-0.3, -0.25) is 14.2 Å². The predicted octanol–water partition coefficient (Wildman–Crippen LogP) is 4.73. The number of nitrogens with zero attached hydrogens (tertiary/aromatic N) is 6. The molecule has 1 aromatic carbocycles. The van der Waals surface area contributed by atoms with E-state index in [4.69, 9.17) is 11.6 Å². The molecule has 0 aliphatic rings. The fraction of sp³-hybridized carbons (Fsp3) is 0.273. The van der Waals surface area contributed by atoms with Gasteiger partial charge in [0.25, 0.3) is 5.91 Å². The molecule has 0 atom stereocenters. The topological polar surface area (TPSA) is 82.6 Å². The molecule has 166 valence electrons. The number of carbonyl (C=O) groups excluding carboxylic acids is 1. The summed E-state index contributed by atoms with van der Waals surface area (Å²) in [5.41, 5.74) is 5.57. The number of hydrogen-bond donors (Lipinski definition) is 1. The Kier molecular flexibility index (Phi) is 6.21. The van der Waals surface area contributed by atoms with Crippen LogP contribution in [0.4, 0.5) is 5.69 Å². The van der Waals surface area contributed by atoms with E-state index in [-0.39, 0.29) is 5.91 Å². The van der Waals surface area contributed by atoms with E-state index in [0.29, 0.717) is 29.6 Å². The van der Waals surface area contributed by atoms with Crippen molar-refractivity contribution in [3.63, 3.8) is 0 Å². The number of aryl methyl sites for hydroxylation is 2. The molecule has 4 aromatic rings. The number of halogens is 2. The van der Waals surface area contributed by atoms with E-state index >= 15 is 0 Å². The third-order valence-corrected chi connectivity index (χ3v) is 6.67. The van der Waals surface area contributed by atoms with Crippen molar-refractivity contribution in [3.05, 3.63) is 80.1 Å². The van der Waals surface area contributed by atoms with Gasteiger partial charge in [-0.2, -0.15) is 15.3 Å². The first-order chi connectivity index (χ1) is 15.2. The average molecular weight is 517 g/mol. The molecule has 0 fully saturated rings. The predicted molar refractivity (Wildman–Crippen MR) is 127 cm³/mol. The smallest absolute Gasteiger partial charge is 0.276 e. The van der Waals surface area contributed by atoms with Crippen LogP contribution in [0, 0.1) is 27.7 Å². The monoisotopic (exact) mass is 515 g/mol. The fourth-order valence-electron chi connectivity index (χ4n) is 3.53. The van der Waals surface area contributed by atoms with Crippen molar-refractivity contribution in [2.45, 2.75) is 40.9 Å². The zero-order chi connectivity index (χ0) is 23.0. The maximum absolute atomic E-state index is 12.9. The zero-order valence-corrected chi connectivity index (χ0v) is 20.6. The summed E-state index contributed by atoms with van der Waals surface area (Å²) in [6.07, 6.45) is 1.77. The first-order valence-corrected chi connectivity index (χ1v) is 11.2. The molecule has 0 saturated heterocycles. The highest BCUT2D eigenvalue weighted by atomic mass is 79.9. The van der Waals surface area contributed by atoms with Crippen LogP contribution in [0.2, 0.25) is 5.02 Å². The lowest BCUT2D eigenvalue weighted by atomic mass is 10.2. The Morgan fingerprint density at radius 1 is 1.03 bits per heavy atom. The maximum Gasteiger partial charge on any atom is 0.276 e. The second kappa shape index (κ2) is 8.91. The number of nitrogens with one attached hydrogen (secondary N) is 1. The van der Waals surface area contributed by atoms with Crippen molar-refractivity contribution < 1.29 is 4.79 Å². The minimum Gasteiger partial charge on any atom is -0.317 e. The van der Waals surface area contributed by atoms with Gasteiger partial charge in [-0.05, 0) is 67.4 Å². The molecule has 0 aliphatic carbocycles. The van der Waals surface area contributed by atoms with Gasteiger partial charge in [0.1, 0.15) is 6.67 Å². The average Bonchev–Trinajstić information content (AvgIpc) is 3.39. The molecule has 10 heteroatoms. The molecule has 3 aromatic heterocycles. The Balaban J connectivity index is 1.48. The van der Waals surface area contributed by atoms with Crippen molar-refractivity contribution in [1.29, 1.82) is 0 Å². The third-order valence-electron chi connectivity index (χ3n) is 5.29. The second-order valence-electron chi connectivity index (χ2n) is 7.65. The molecule has 0 aliphatic heterocycles. The molecule has 0 spiro atoms. The lowest BCUT2D eigenvalue weighted by molar-refractivity contribution is 0.102. The molecule has 4 rings (SSSR count). The number of benzene rings is 1. The van der Waals surface area contributed by atoms with Gasteiger partial charge in [0.15, 0.2) is 5.69 Å². The van der Waals surface area contributed by atoms with Crippen molar-refractivity contribution in [2.75, 3.05) is 5.32 Å². The Labute approximate surface area is 199 Å². The van der Waals surface area contributed by atoms with E-state index in [0.717, 1.165) is 32.8 Å². The van der Waals surface area contributed by atoms with E-state index in [2.05, 4.69) is 36.5 Å². The Hall–Kier alpha value is -2.91. The number of amides is 1. The highest BCUT2D eigenvalue weighted by Crippen LogP contribution is 2.22. The molecular formula is C22H23BrClN7O. The Morgan fingerprint density at radius 3 is 2.47 bits per heavy atom. The molecule has 0 saturated carbocycles. The van der Waals surface area contributed by atoms with E-state index in [1.54, 1.807) is 16.9 Å². The van der Waals surface area contributed by atoms with Gasteiger partial charge in [-0.15, -0.1) is 0 Å². The second-order valence-corrected chi connectivity index (χ2v) is 8.88. The fourth-order valence-corrected chi connectivity index (χ4v) is 4.03. The SMILES string of the molecule is Cc1nn(Cn2ccc(C(=O)Nc3c(C)nn(Cc4cccc(Cl)c4)c3C)n2)c(C)c1Br. The van der Waals surface area contributed by atoms with Crippen LogP contribution in [0.15, 0.2) is 41.0 Å². The number of carbonyl (C=O) groups is 1. The summed E-state index contributed by atoms with van der Waals surface area (Å²) in [7, 11) is 0. The lowest BCUT2D eigenvalue weighted by Crippen LogP contribution is -2.16. The van der Waals surface area contributed by atoms with Crippen LogP contribution in [0.1, 0.15) is 38.8 Å². The number of anilines is 1. The van der Waals surface area contributed by atoms with Crippen LogP contribution in [-0.4, -0.2) is 35.2 Å². The van der Waals surface area contributed by atoms with E-state index in [9.17, 15) is 4.79 Å². The zero-order valence-electron chi connectivity index (χ0n) is 18.2. The minimum atomic E-state index is -0.285. The van der Waals surface area contributed by atoms with Gasteiger partial charge >= 0.3 is 0 Å². The van der Waals surface area contributed by atoms with E-state index in [1.807, 2.05) is 61.3 Å². The molecule has 0 unspecified atom stereocenters. The summed E-state index contributed by atoms with van der Waals surface area (Å²) in [4.78, 5) is 12.9. The van der Waals surface area contributed by atoms with Crippen LogP contribution in [0.3, 0.4) is 0 Å². The van der Waals surface area contributed by atoms with Crippen molar-refractivity contribution in [3.8, 4) is 0 Å². The Bertz CT molecular complexity index is 1300. The normalized spacial score (nSPS) is 11.2. The van der Waals surface area contributed by atoms with Crippen molar-refractivity contribution in [1.82, 2.24) is 29.3 Å². The van der Waals surface area contributed by atoms with Gasteiger partial charge < -0.3 is 5.32 Å². The van der Waals surface area contributed by atoms with Crippen molar-refractivity contribution in [2.24, 2.45) is 0 Å². The van der Waals surface area contributed by atoms with Crippen LogP contribution in [0.25, 0.3) is 0 Å². The van der Waals surface area contributed by atoms with Crippen molar-refractivity contribution >= 4 is 39.1 Å². The summed E-state index contributed by atoms with van der Waals surface area (Å²) in [6.45, 7) is 8.70. The van der Waals surface area contributed by atoms with Gasteiger partial charge in [-0.25, -0.2) is 4.68 Å². The molecule has 0 bridgehead atoms. The molecule has 0 radical (unpaired) electrons. The quantitative estimate of drug-likeness (QED) is 0.402. The van der Waals surface area contributed by atoms with Crippen LogP contribution in [-0.2, 0) is 13.2 Å². The number of aromatic nitrogens is 6. The molecule has 1 amide bonds. The summed E-state index contributed by atoms with van der Waals surface area (Å²) in [5, 5.41) is 17.1. The Morgan fingerprint density at radius 2 is 1.78 bits per heavy atom. The highest BCUT2D eigenvalue weighted by molar-refractivity contribution is 9.10. The van der Waals surface area contributed by atoms with Crippen LogP contribution >= 0.6 is 27.5 Å². The molecule has 3 heterocycles. The van der Waals surface area contributed by atoms with E-state index < -0.39 is 0 Å². The molecular weight excluding hydrogens is 494 g/mol. The largest absolute Gasteiger partial charge is 0.317 e. The van der Waals surface area contributed by atoms with Gasteiger partial charge in [0, 0.05) is 11.2 Å². The van der Waals surface area contributed by atoms with Gasteiger partial charge in [0.05, 0.1) is 39.5 Å². The summed E-state index contributed by atoms with van der Waals surface area (Å²) in [6, 6.07) is 9.34.